The van der Waals surface area contributed by atoms with Crippen LogP contribution in [-0.2, 0) is 4.57 Å². The third-order valence-electron chi connectivity index (χ3n) is 9.42. The Labute approximate surface area is 395 Å². The lowest BCUT2D eigenvalue weighted by atomic mass is 9.12. The highest BCUT2D eigenvalue weighted by molar-refractivity contribution is 7.60. The van der Waals surface area contributed by atoms with Gasteiger partial charge in [0, 0.05) is 0 Å². The Balaban J connectivity index is 0.000000399. The van der Waals surface area contributed by atoms with E-state index in [-0.39, 0.29) is 5.30 Å². The number of halogens is 24. The smallest absolute Gasteiger partial charge is 0.512 e. The van der Waals surface area contributed by atoms with Gasteiger partial charge in [0.25, 0.3) is 0 Å². The van der Waals surface area contributed by atoms with Crippen molar-refractivity contribution in [3.05, 3.63) is 165 Å². The molecule has 0 bridgehead atoms. The van der Waals surface area contributed by atoms with E-state index >= 15 is 35.1 Å². The fraction of sp³-hybridized carbons (Fsp3) is 0.0526. The first-order chi connectivity index (χ1) is 34.0. The largest absolute Gasteiger partial charge is 0.707 e. The monoisotopic (exact) mass is 1120 g/mol. The molecular formula is C38H18B3F24O8P-2. The third kappa shape index (κ3) is 12.4. The van der Waals surface area contributed by atoms with Crippen LogP contribution in [-0.4, -0.2) is 54.8 Å². The molecule has 0 amide bonds. The molecule has 0 aliphatic heterocycles. The van der Waals surface area contributed by atoms with Gasteiger partial charge in [-0.05, 0) is 48.5 Å². The molecule has 4 N–H and O–H groups in total. The lowest BCUT2D eigenvalue weighted by Crippen LogP contribution is -2.81. The highest BCUT2D eigenvalue weighted by Gasteiger charge is 2.52. The van der Waals surface area contributed by atoms with E-state index in [1.807, 2.05) is 0 Å². The molecular weight excluding hydrogens is 1100 g/mol. The molecule has 8 nitrogen and oxygen atoms in total. The van der Waals surface area contributed by atoms with Gasteiger partial charge < -0.3 is 51.2 Å². The molecule has 0 atom stereocenters. The van der Waals surface area contributed by atoms with E-state index in [1.165, 1.54) is 31.4 Å². The molecule has 0 saturated carbocycles. The molecule has 0 unspecified atom stereocenters. The summed E-state index contributed by atoms with van der Waals surface area (Å²) >= 11 is 0. The zero-order valence-electron chi connectivity index (χ0n) is 35.3. The summed E-state index contributed by atoms with van der Waals surface area (Å²) in [5.41, 5.74) is -14.3. The summed E-state index contributed by atoms with van der Waals surface area (Å²) in [6.07, 6.45) is -7.22. The molecule has 74 heavy (non-hydrogen) atoms. The maximum Gasteiger partial charge on any atom is 0.707 e. The highest BCUT2D eigenvalue weighted by atomic mass is 31.2. The van der Waals surface area contributed by atoms with Crippen molar-refractivity contribution >= 4 is 55.5 Å². The van der Waals surface area contributed by atoms with Crippen molar-refractivity contribution < 1.29 is 144 Å². The first kappa shape index (κ1) is 61.6. The summed E-state index contributed by atoms with van der Waals surface area (Å²) in [7, 11) is -8.84. The van der Waals surface area contributed by atoms with E-state index < -0.39 is 167 Å². The molecule has 0 saturated heterocycles. The summed E-state index contributed by atoms with van der Waals surface area (Å²) in [4.78, 5) is 17.4. The fourth-order valence-electron chi connectivity index (χ4n) is 6.43. The van der Waals surface area contributed by atoms with Crippen molar-refractivity contribution in [1.82, 2.24) is 0 Å². The Morgan fingerprint density at radius 3 is 0.716 bits per heavy atom. The summed E-state index contributed by atoms with van der Waals surface area (Å²) < 4.78 is 358. The Morgan fingerprint density at radius 1 is 0.365 bits per heavy atom. The summed E-state index contributed by atoms with van der Waals surface area (Å²) in [5, 5.41) is 16.9. The van der Waals surface area contributed by atoms with Gasteiger partial charge >= 0.3 is 22.2 Å². The number of methoxy groups -OCH3 is 2. The first-order valence-corrected chi connectivity index (χ1v) is 20.0. The van der Waals surface area contributed by atoms with Crippen molar-refractivity contribution in [2.24, 2.45) is 0 Å². The van der Waals surface area contributed by atoms with Crippen LogP contribution in [0.5, 0.6) is 17.2 Å². The van der Waals surface area contributed by atoms with Gasteiger partial charge in [-0.3, -0.25) is 4.57 Å². The van der Waals surface area contributed by atoms with Crippen LogP contribution in [0.3, 0.4) is 0 Å². The minimum absolute atomic E-state index is 0.00306. The second kappa shape index (κ2) is 23.7. The molecule has 0 aliphatic rings. The van der Waals surface area contributed by atoms with E-state index in [0.29, 0.717) is 17.2 Å². The van der Waals surface area contributed by atoms with Gasteiger partial charge in [-0.1, -0.05) is 0 Å². The second-order valence-corrected chi connectivity index (χ2v) is 15.3. The van der Waals surface area contributed by atoms with Gasteiger partial charge in [0.1, 0.15) is 69.9 Å². The van der Waals surface area contributed by atoms with Gasteiger partial charge in [0.2, 0.25) is 0 Å². The fourth-order valence-corrected chi connectivity index (χ4v) is 6.96. The van der Waals surface area contributed by atoms with Gasteiger partial charge in [-0.2, -0.15) is 0 Å². The minimum atomic E-state index is -7.22. The predicted octanol–water partition coefficient (Wildman–Crippen LogP) is 7.69. The highest BCUT2D eigenvalue weighted by Crippen LogP contribution is 2.34. The SMILES string of the molecule is COc1ccc(OB(O)O)cc1.COc1ccc(P(=O)(O)O)cc1.F[B-](F)(F)F.Fc1c(F)c(F)c([B-](c2c(F)c(F)c(F)c(F)c2F)(c2c(F)c(F)c(F)c(F)c2F)c2c(F)c(F)c(F)c(F)c2F)c(F)c1F. The Bertz CT molecular complexity index is 2710. The number of ether oxygens (including phenoxy) is 2. The Hall–Kier alpha value is -6.70. The first-order valence-electron chi connectivity index (χ1n) is 18.4. The maximum atomic E-state index is 15.4. The molecule has 0 fully saturated rings. The van der Waals surface area contributed by atoms with Crippen LogP contribution in [0, 0.1) is 116 Å². The number of hydrogen-bond acceptors (Lipinski definition) is 6. The Kier molecular flexibility index (Phi) is 19.7. The topological polar surface area (TPSA) is 126 Å². The number of rotatable bonds is 9. The maximum absolute atomic E-state index is 15.4. The van der Waals surface area contributed by atoms with Crippen molar-refractivity contribution in [2.45, 2.75) is 0 Å². The van der Waals surface area contributed by atoms with Crippen LogP contribution in [0.4, 0.5) is 105 Å². The van der Waals surface area contributed by atoms with Crippen LogP contribution in [0.2, 0.25) is 0 Å². The van der Waals surface area contributed by atoms with Crippen molar-refractivity contribution in [2.75, 3.05) is 14.2 Å². The molecule has 36 heteroatoms. The van der Waals surface area contributed by atoms with Crippen LogP contribution >= 0.6 is 7.60 Å². The van der Waals surface area contributed by atoms with E-state index in [1.54, 1.807) is 31.4 Å². The molecule has 6 rings (SSSR count). The van der Waals surface area contributed by atoms with E-state index in [2.05, 4.69) is 4.65 Å². The molecule has 0 aromatic heterocycles. The zero-order chi connectivity index (χ0) is 57.0. The number of hydrogen-bond donors (Lipinski definition) is 4. The van der Waals surface area contributed by atoms with Crippen LogP contribution < -0.4 is 41.3 Å². The summed E-state index contributed by atoms with van der Waals surface area (Å²) in [6, 6.07) is 12.2. The zero-order valence-corrected chi connectivity index (χ0v) is 36.2. The van der Waals surface area contributed by atoms with Gasteiger partial charge in [0.15, 0.2) is 69.8 Å². The average molecular weight is 1120 g/mol. The van der Waals surface area contributed by atoms with Gasteiger partial charge in [-0.25, -0.2) is 87.8 Å². The average Bonchev–Trinajstić information content (AvgIpc) is 3.33. The molecule has 0 spiro atoms. The lowest BCUT2D eigenvalue weighted by molar-refractivity contribution is 0.288. The van der Waals surface area contributed by atoms with Crippen LogP contribution in [0.1, 0.15) is 0 Å². The molecule has 6 aromatic rings. The third-order valence-corrected chi connectivity index (χ3v) is 10.4. The summed E-state index contributed by atoms with van der Waals surface area (Å²) in [5.74, 6) is -69.8. The van der Waals surface area contributed by atoms with Crippen LogP contribution in [0.25, 0.3) is 0 Å². The van der Waals surface area contributed by atoms with Crippen LogP contribution in [0.15, 0.2) is 48.5 Å². The molecule has 0 heterocycles. The molecule has 0 radical (unpaired) electrons. The van der Waals surface area contributed by atoms with E-state index in [9.17, 15) is 74.5 Å². The van der Waals surface area contributed by atoms with Crippen molar-refractivity contribution in [3.8, 4) is 17.2 Å². The van der Waals surface area contributed by atoms with Crippen molar-refractivity contribution in [1.29, 1.82) is 0 Å². The Morgan fingerprint density at radius 2 is 0.541 bits per heavy atom. The van der Waals surface area contributed by atoms with Crippen molar-refractivity contribution in [3.63, 3.8) is 0 Å². The molecule has 0 aliphatic carbocycles. The minimum Gasteiger partial charge on any atom is -0.512 e. The standard InChI is InChI=1S/C24BF20.C7H9BO4.C7H9O4P.BF4/c26-5-1(6(27)14(35)21(42)13(5)34)25(2-7(28)15(36)22(43)16(37)8(2)29,3-9(30)17(38)23(44)18(39)10(3)31)4-11(32)19(40)24(45)20(41)12(4)33;1-11-6-2-4-7(5-3-6)12-8(9)10;1-11-6-2-4-7(5-3-6)12(8,9)10;2-1(3,4)5/h;2-5,9-10H,1H3;2-5H,1H3,(H2,8,9,10);/q-1;;;-1. The van der Waals surface area contributed by atoms with Gasteiger partial charge in [0.05, 0.1) is 19.5 Å². The second-order valence-electron chi connectivity index (χ2n) is 13.7. The molecule has 402 valence electrons. The molecule has 6 aromatic carbocycles. The summed E-state index contributed by atoms with van der Waals surface area (Å²) in [6.45, 7) is 0. The predicted molar refractivity (Wildman–Crippen MR) is 208 cm³/mol. The quantitative estimate of drug-likeness (QED) is 0.0382. The van der Waals surface area contributed by atoms with E-state index in [0.717, 1.165) is 0 Å². The normalized spacial score (nSPS) is 11.4. The van der Waals surface area contributed by atoms with E-state index in [4.69, 9.17) is 29.3 Å². The van der Waals surface area contributed by atoms with Gasteiger partial charge in [-0.15, -0.1) is 21.9 Å². The lowest BCUT2D eigenvalue weighted by Gasteiger charge is -2.44. The number of benzene rings is 6.